The number of fused-ring (bicyclic) bond motifs is 1. The summed E-state index contributed by atoms with van der Waals surface area (Å²) in [6.07, 6.45) is 0.972. The number of para-hydroxylation sites is 2. The number of amides is 2. The number of hydrogen-bond acceptors (Lipinski definition) is 5. The summed E-state index contributed by atoms with van der Waals surface area (Å²) in [4.78, 5) is 32.2. The molecule has 2 amide bonds. The van der Waals surface area contributed by atoms with Crippen LogP contribution in [0.4, 0.5) is 17.1 Å². The zero-order valence-electron chi connectivity index (χ0n) is 18.4. The lowest BCUT2D eigenvalue weighted by atomic mass is 9.96. The highest BCUT2D eigenvalue weighted by atomic mass is 16.5. The molecule has 2 heterocycles. The summed E-state index contributed by atoms with van der Waals surface area (Å²) in [5, 5.41) is 2.92. The first kappa shape index (κ1) is 21.2. The average Bonchev–Trinajstić information content (AvgIpc) is 3.00. The largest absolute Gasteiger partial charge is 0.497 e. The van der Waals surface area contributed by atoms with Crippen LogP contribution in [0.2, 0.25) is 0 Å². The third-order valence-corrected chi connectivity index (χ3v) is 6.14. The molecule has 0 saturated carbocycles. The number of anilines is 3. The molecule has 0 radical (unpaired) electrons. The van der Waals surface area contributed by atoms with Crippen LogP contribution in [-0.2, 0) is 9.59 Å². The number of benzene rings is 2. The van der Waals surface area contributed by atoms with Gasteiger partial charge in [-0.3, -0.25) is 19.4 Å². The van der Waals surface area contributed by atoms with Crippen molar-refractivity contribution in [3.05, 3.63) is 48.5 Å². The van der Waals surface area contributed by atoms with E-state index in [0.717, 1.165) is 49.7 Å². The monoisotopic (exact) mass is 422 g/mol. The highest BCUT2D eigenvalue weighted by Crippen LogP contribution is 2.36. The maximum absolute atomic E-state index is 13.4. The van der Waals surface area contributed by atoms with Crippen LogP contribution in [0.3, 0.4) is 0 Å². The highest BCUT2D eigenvalue weighted by Gasteiger charge is 2.43. The van der Waals surface area contributed by atoms with Gasteiger partial charge in [-0.05, 0) is 56.7 Å². The van der Waals surface area contributed by atoms with Crippen LogP contribution in [0.15, 0.2) is 48.5 Å². The molecular weight excluding hydrogens is 392 g/mol. The second-order valence-corrected chi connectivity index (χ2v) is 8.57. The molecule has 0 spiro atoms. The SMILES string of the molecule is COc1ccc(N2CCCN(CC(=O)N3c4ccccc4NC(=O)C3(C)C)CC2)cc1. The Morgan fingerprint density at radius 3 is 2.52 bits per heavy atom. The fourth-order valence-electron chi connectivity index (χ4n) is 4.34. The van der Waals surface area contributed by atoms with Crippen molar-refractivity contribution in [3.63, 3.8) is 0 Å². The van der Waals surface area contributed by atoms with E-state index in [-0.39, 0.29) is 11.8 Å². The standard InChI is InChI=1S/C24H30N4O3/c1-24(2)23(30)25-20-7-4-5-8-21(20)28(24)22(29)17-26-13-6-14-27(16-15-26)18-9-11-19(31-3)12-10-18/h4-5,7-12H,6,13-17H2,1-3H3,(H,25,30). The number of nitrogens with zero attached hydrogens (tertiary/aromatic N) is 3. The maximum atomic E-state index is 13.4. The molecule has 2 aliphatic rings. The Hall–Kier alpha value is -3.06. The van der Waals surface area contributed by atoms with E-state index >= 15 is 0 Å². The van der Waals surface area contributed by atoms with Crippen molar-refractivity contribution in [1.82, 2.24) is 4.90 Å². The predicted molar refractivity (Wildman–Crippen MR) is 123 cm³/mol. The van der Waals surface area contributed by atoms with Crippen LogP contribution in [0.1, 0.15) is 20.3 Å². The number of hydrogen-bond donors (Lipinski definition) is 1. The van der Waals surface area contributed by atoms with Gasteiger partial charge >= 0.3 is 0 Å². The summed E-state index contributed by atoms with van der Waals surface area (Å²) in [5.74, 6) is 0.630. The zero-order chi connectivity index (χ0) is 22.0. The minimum absolute atomic E-state index is 0.0507. The average molecular weight is 423 g/mol. The third kappa shape index (κ3) is 4.23. The molecule has 2 aromatic rings. The van der Waals surface area contributed by atoms with Crippen molar-refractivity contribution in [2.75, 3.05) is 55.0 Å². The van der Waals surface area contributed by atoms with Gasteiger partial charge in [0.2, 0.25) is 11.8 Å². The number of carbonyl (C=O) groups excluding carboxylic acids is 2. The Morgan fingerprint density at radius 1 is 1.03 bits per heavy atom. The lowest BCUT2D eigenvalue weighted by Crippen LogP contribution is -2.60. The Morgan fingerprint density at radius 2 is 1.77 bits per heavy atom. The molecule has 0 aliphatic carbocycles. The summed E-state index contributed by atoms with van der Waals surface area (Å²) in [7, 11) is 1.67. The first-order chi connectivity index (χ1) is 14.9. The molecule has 2 aliphatic heterocycles. The van der Waals surface area contributed by atoms with E-state index in [1.807, 2.05) is 36.4 Å². The Kier molecular flexibility index (Phi) is 5.87. The van der Waals surface area contributed by atoms with Crippen LogP contribution in [0, 0.1) is 0 Å². The summed E-state index contributed by atoms with van der Waals surface area (Å²) >= 11 is 0. The summed E-state index contributed by atoms with van der Waals surface area (Å²) in [6.45, 7) is 7.31. The summed E-state index contributed by atoms with van der Waals surface area (Å²) < 4.78 is 5.25. The van der Waals surface area contributed by atoms with Crippen molar-refractivity contribution < 1.29 is 14.3 Å². The molecule has 1 fully saturated rings. The van der Waals surface area contributed by atoms with Crippen molar-refractivity contribution in [1.29, 1.82) is 0 Å². The van der Waals surface area contributed by atoms with Gasteiger partial charge in [-0.25, -0.2) is 0 Å². The van der Waals surface area contributed by atoms with E-state index < -0.39 is 5.54 Å². The van der Waals surface area contributed by atoms with Crippen LogP contribution in [0.25, 0.3) is 0 Å². The van der Waals surface area contributed by atoms with Gasteiger partial charge < -0.3 is 15.0 Å². The van der Waals surface area contributed by atoms with Crippen LogP contribution < -0.4 is 19.9 Å². The zero-order valence-corrected chi connectivity index (χ0v) is 18.4. The number of carbonyl (C=O) groups is 2. The third-order valence-electron chi connectivity index (χ3n) is 6.14. The molecule has 0 aromatic heterocycles. The molecule has 0 atom stereocenters. The second kappa shape index (κ2) is 8.59. The Labute approximate surface area is 183 Å². The quantitative estimate of drug-likeness (QED) is 0.821. The van der Waals surface area contributed by atoms with Gasteiger partial charge in [0, 0.05) is 31.9 Å². The topological polar surface area (TPSA) is 65.1 Å². The van der Waals surface area contributed by atoms with E-state index in [2.05, 4.69) is 27.2 Å². The minimum atomic E-state index is -0.938. The van der Waals surface area contributed by atoms with Gasteiger partial charge in [0.05, 0.1) is 25.0 Å². The molecule has 7 nitrogen and oxygen atoms in total. The first-order valence-corrected chi connectivity index (χ1v) is 10.7. The Balaban J connectivity index is 1.45. The van der Waals surface area contributed by atoms with Gasteiger partial charge in [-0.1, -0.05) is 12.1 Å². The van der Waals surface area contributed by atoms with Crippen LogP contribution in [0.5, 0.6) is 5.75 Å². The molecule has 0 bridgehead atoms. The molecule has 1 N–H and O–H groups in total. The molecule has 31 heavy (non-hydrogen) atoms. The van der Waals surface area contributed by atoms with Crippen molar-refractivity contribution in [2.45, 2.75) is 25.8 Å². The van der Waals surface area contributed by atoms with E-state index in [9.17, 15) is 9.59 Å². The molecule has 164 valence electrons. The molecule has 7 heteroatoms. The summed E-state index contributed by atoms with van der Waals surface area (Å²) in [6, 6.07) is 15.6. The molecule has 1 saturated heterocycles. The van der Waals surface area contributed by atoms with Crippen molar-refractivity contribution >= 4 is 28.9 Å². The van der Waals surface area contributed by atoms with Crippen molar-refractivity contribution in [3.8, 4) is 5.75 Å². The van der Waals surface area contributed by atoms with E-state index in [4.69, 9.17) is 4.74 Å². The number of rotatable bonds is 4. The molecule has 2 aromatic carbocycles. The predicted octanol–water partition coefficient (Wildman–Crippen LogP) is 2.97. The van der Waals surface area contributed by atoms with Gasteiger partial charge in [0.1, 0.15) is 11.3 Å². The first-order valence-electron chi connectivity index (χ1n) is 10.7. The van der Waals surface area contributed by atoms with Gasteiger partial charge in [0.25, 0.3) is 0 Å². The fraction of sp³-hybridized carbons (Fsp3) is 0.417. The number of nitrogens with one attached hydrogen (secondary N) is 1. The lowest BCUT2D eigenvalue weighted by molar-refractivity contribution is -0.127. The fourth-order valence-corrected chi connectivity index (χ4v) is 4.34. The minimum Gasteiger partial charge on any atom is -0.497 e. The second-order valence-electron chi connectivity index (χ2n) is 8.57. The maximum Gasteiger partial charge on any atom is 0.250 e. The van der Waals surface area contributed by atoms with Crippen molar-refractivity contribution in [2.24, 2.45) is 0 Å². The molecule has 0 unspecified atom stereocenters. The van der Waals surface area contributed by atoms with Gasteiger partial charge in [0.15, 0.2) is 0 Å². The summed E-state index contributed by atoms with van der Waals surface area (Å²) in [5.41, 5.74) is 1.66. The number of methoxy groups -OCH3 is 1. The normalized spacial score (nSPS) is 18.7. The smallest absolute Gasteiger partial charge is 0.250 e. The van der Waals surface area contributed by atoms with Crippen LogP contribution >= 0.6 is 0 Å². The van der Waals surface area contributed by atoms with E-state index in [0.29, 0.717) is 12.2 Å². The number of ether oxygens (including phenoxy) is 1. The van der Waals surface area contributed by atoms with Gasteiger partial charge in [-0.15, -0.1) is 0 Å². The van der Waals surface area contributed by atoms with Crippen LogP contribution in [-0.4, -0.2) is 62.1 Å². The van der Waals surface area contributed by atoms with E-state index in [1.165, 1.54) is 0 Å². The molecule has 4 rings (SSSR count). The van der Waals surface area contributed by atoms with E-state index in [1.54, 1.807) is 25.9 Å². The lowest BCUT2D eigenvalue weighted by Gasteiger charge is -2.42. The Bertz CT molecular complexity index is 958. The highest BCUT2D eigenvalue weighted by molar-refractivity contribution is 6.14. The van der Waals surface area contributed by atoms with Gasteiger partial charge in [-0.2, -0.15) is 0 Å². The molecular formula is C24H30N4O3.